The maximum Gasteiger partial charge on any atom is 0.254 e. The van der Waals surface area contributed by atoms with E-state index in [0.717, 1.165) is 10.9 Å². The quantitative estimate of drug-likeness (QED) is 0.317. The molecule has 0 saturated heterocycles. The number of nitrogens with one attached hydrogen (secondary N) is 2. The Kier molecular flexibility index (Phi) is 5.58. The first kappa shape index (κ1) is 22.4. The number of halogens is 4. The van der Waals surface area contributed by atoms with E-state index in [1.54, 1.807) is 23.1 Å². The van der Waals surface area contributed by atoms with E-state index in [-0.39, 0.29) is 40.6 Å². The van der Waals surface area contributed by atoms with E-state index < -0.39 is 17.7 Å². The van der Waals surface area contributed by atoms with Gasteiger partial charge in [-0.2, -0.15) is 4.98 Å². The van der Waals surface area contributed by atoms with E-state index in [9.17, 15) is 8.78 Å². The van der Waals surface area contributed by atoms with Crippen LogP contribution in [0.15, 0.2) is 30.3 Å². The van der Waals surface area contributed by atoms with E-state index in [1.807, 2.05) is 0 Å². The molecular formula is C24H19ClF3N5O. The number of anilines is 2. The van der Waals surface area contributed by atoms with Crippen molar-refractivity contribution >= 4 is 40.3 Å². The van der Waals surface area contributed by atoms with Crippen molar-refractivity contribution < 1.29 is 17.9 Å². The van der Waals surface area contributed by atoms with Crippen LogP contribution in [0.5, 0.6) is 0 Å². The van der Waals surface area contributed by atoms with E-state index in [1.165, 1.54) is 12.1 Å². The SMILES string of the molecule is N=Cn1c(=N)nc(N2CCOCc3c(C#CC4(C(F)F)CC4)cccc32)c2c(F)ccc(Cl)c21. The van der Waals surface area contributed by atoms with Gasteiger partial charge in [0, 0.05) is 23.4 Å². The molecule has 2 aromatic carbocycles. The minimum absolute atomic E-state index is 0.0611. The zero-order valence-corrected chi connectivity index (χ0v) is 18.6. The molecule has 2 aliphatic rings. The molecule has 174 valence electrons. The third kappa shape index (κ3) is 3.63. The molecule has 1 aliphatic heterocycles. The van der Waals surface area contributed by atoms with Gasteiger partial charge in [-0.3, -0.25) is 15.4 Å². The van der Waals surface area contributed by atoms with Gasteiger partial charge in [0.15, 0.2) is 0 Å². The summed E-state index contributed by atoms with van der Waals surface area (Å²) in [6, 6.07) is 7.87. The number of hydrogen-bond donors (Lipinski definition) is 2. The predicted molar refractivity (Wildman–Crippen MR) is 122 cm³/mol. The average molecular weight is 486 g/mol. The normalized spacial score (nSPS) is 16.6. The Balaban J connectivity index is 1.72. The highest BCUT2D eigenvalue weighted by Crippen LogP contribution is 2.50. The highest BCUT2D eigenvalue weighted by Gasteiger charge is 2.50. The molecule has 10 heteroatoms. The van der Waals surface area contributed by atoms with Gasteiger partial charge in [0.25, 0.3) is 6.43 Å². The van der Waals surface area contributed by atoms with Crippen LogP contribution in [0.1, 0.15) is 24.0 Å². The smallest absolute Gasteiger partial charge is 0.254 e. The molecule has 0 amide bonds. The fourth-order valence-electron chi connectivity index (χ4n) is 4.12. The molecule has 1 fully saturated rings. The summed E-state index contributed by atoms with van der Waals surface area (Å²) in [5, 5.41) is 16.2. The second-order valence-electron chi connectivity index (χ2n) is 8.23. The van der Waals surface area contributed by atoms with Crippen molar-refractivity contribution in [3.63, 3.8) is 0 Å². The summed E-state index contributed by atoms with van der Waals surface area (Å²) in [5.41, 5.74) is 0.473. The maximum absolute atomic E-state index is 15.1. The molecule has 0 bridgehead atoms. The lowest BCUT2D eigenvalue weighted by atomic mass is 10.0. The summed E-state index contributed by atoms with van der Waals surface area (Å²) in [6.45, 7) is 0.772. The number of hydrogen-bond acceptors (Lipinski definition) is 5. The van der Waals surface area contributed by atoms with Crippen LogP contribution in [0.2, 0.25) is 5.02 Å². The number of ether oxygens (including phenoxy) is 1. The number of benzene rings is 2. The van der Waals surface area contributed by atoms with Gasteiger partial charge >= 0.3 is 0 Å². The maximum atomic E-state index is 15.1. The fourth-order valence-corrected chi connectivity index (χ4v) is 4.37. The van der Waals surface area contributed by atoms with Crippen molar-refractivity contribution in [3.8, 4) is 11.8 Å². The number of rotatable bonds is 3. The minimum atomic E-state index is -2.50. The first-order chi connectivity index (χ1) is 16.4. The highest BCUT2D eigenvalue weighted by atomic mass is 35.5. The van der Waals surface area contributed by atoms with Crippen molar-refractivity contribution in [2.45, 2.75) is 25.9 Å². The lowest BCUT2D eigenvalue weighted by Crippen LogP contribution is -2.30. The largest absolute Gasteiger partial charge is 0.375 e. The van der Waals surface area contributed by atoms with Gasteiger partial charge in [-0.05, 0) is 37.1 Å². The Bertz CT molecular complexity index is 1440. The topological polar surface area (TPSA) is 78.0 Å². The van der Waals surface area contributed by atoms with Crippen molar-refractivity contribution in [1.29, 1.82) is 10.8 Å². The molecule has 0 radical (unpaired) electrons. The standard InChI is InChI=1S/C24H19ClF3N5O/c25-16-4-5-17(26)19-20(16)33(13-29)23(30)31-21(19)32-10-11-34-12-15-14(2-1-3-18(15)32)6-7-24(8-9-24)22(27)28/h1-5,13,22,29-30H,8-12H2. The third-order valence-electron chi connectivity index (χ3n) is 6.17. The van der Waals surface area contributed by atoms with Crippen LogP contribution >= 0.6 is 11.6 Å². The average Bonchev–Trinajstić information content (AvgIpc) is 3.63. The van der Waals surface area contributed by atoms with E-state index in [2.05, 4.69) is 16.8 Å². The second kappa shape index (κ2) is 8.46. The van der Waals surface area contributed by atoms with Crippen LogP contribution in [-0.2, 0) is 11.3 Å². The zero-order chi connectivity index (χ0) is 24.0. The molecule has 1 aromatic heterocycles. The number of alkyl halides is 2. The number of fused-ring (bicyclic) bond motifs is 2. The minimum Gasteiger partial charge on any atom is -0.375 e. The second-order valence-corrected chi connectivity index (χ2v) is 8.63. The molecule has 1 saturated carbocycles. The van der Waals surface area contributed by atoms with E-state index in [0.29, 0.717) is 36.2 Å². The molecule has 3 aromatic rings. The molecular weight excluding hydrogens is 467 g/mol. The summed E-state index contributed by atoms with van der Waals surface area (Å²) in [6.07, 6.45) is -0.904. The summed E-state index contributed by atoms with van der Waals surface area (Å²) in [7, 11) is 0. The Morgan fingerprint density at radius 3 is 2.74 bits per heavy atom. The number of nitrogens with zero attached hydrogens (tertiary/aromatic N) is 3. The zero-order valence-electron chi connectivity index (χ0n) is 17.8. The van der Waals surface area contributed by atoms with Crippen LogP contribution in [0.3, 0.4) is 0 Å². The van der Waals surface area contributed by atoms with E-state index in [4.69, 9.17) is 27.2 Å². The molecule has 2 heterocycles. The Labute approximate surface area is 198 Å². The summed E-state index contributed by atoms with van der Waals surface area (Å²) >= 11 is 6.34. The number of aromatic nitrogens is 2. The van der Waals surface area contributed by atoms with Gasteiger partial charge in [-0.25, -0.2) is 13.2 Å². The lowest BCUT2D eigenvalue weighted by Gasteiger charge is -2.26. The first-order valence-corrected chi connectivity index (χ1v) is 11.0. The third-order valence-corrected chi connectivity index (χ3v) is 6.47. The Morgan fingerprint density at radius 1 is 1.24 bits per heavy atom. The van der Waals surface area contributed by atoms with Gasteiger partial charge in [-0.1, -0.05) is 29.5 Å². The molecule has 6 nitrogen and oxygen atoms in total. The molecule has 1 aliphatic carbocycles. The van der Waals surface area contributed by atoms with Gasteiger partial charge in [0.2, 0.25) is 5.62 Å². The van der Waals surface area contributed by atoms with Crippen molar-refractivity contribution in [1.82, 2.24) is 9.55 Å². The summed E-state index contributed by atoms with van der Waals surface area (Å²) in [5.74, 6) is 5.23. The van der Waals surface area contributed by atoms with Crippen LogP contribution < -0.4 is 10.5 Å². The van der Waals surface area contributed by atoms with E-state index >= 15 is 4.39 Å². The summed E-state index contributed by atoms with van der Waals surface area (Å²) < 4.78 is 48.7. The molecule has 34 heavy (non-hydrogen) atoms. The fraction of sp³-hybridized carbons (Fsp3) is 0.292. The molecule has 0 atom stereocenters. The lowest BCUT2D eigenvalue weighted by molar-refractivity contribution is 0.0921. The molecule has 2 N–H and O–H groups in total. The van der Waals surface area contributed by atoms with Gasteiger partial charge in [0.05, 0.1) is 40.9 Å². The Hall–Kier alpha value is -3.35. The predicted octanol–water partition coefficient (Wildman–Crippen LogP) is 4.83. The highest BCUT2D eigenvalue weighted by molar-refractivity contribution is 6.35. The van der Waals surface area contributed by atoms with Crippen LogP contribution in [-0.4, -0.2) is 35.5 Å². The Morgan fingerprint density at radius 2 is 2.03 bits per heavy atom. The molecule has 5 rings (SSSR count). The van der Waals surface area contributed by atoms with Gasteiger partial charge in [0.1, 0.15) is 11.6 Å². The monoisotopic (exact) mass is 485 g/mol. The molecule has 0 unspecified atom stereocenters. The van der Waals surface area contributed by atoms with Gasteiger partial charge in [-0.15, -0.1) is 0 Å². The van der Waals surface area contributed by atoms with Crippen LogP contribution in [0, 0.1) is 33.9 Å². The van der Waals surface area contributed by atoms with Gasteiger partial charge < -0.3 is 9.64 Å². The van der Waals surface area contributed by atoms with Crippen molar-refractivity contribution in [2.75, 3.05) is 18.1 Å². The van der Waals surface area contributed by atoms with Crippen molar-refractivity contribution in [3.05, 3.63) is 57.9 Å². The van der Waals surface area contributed by atoms with Crippen molar-refractivity contribution in [2.24, 2.45) is 5.41 Å². The summed E-state index contributed by atoms with van der Waals surface area (Å²) in [4.78, 5) is 6.03. The first-order valence-electron chi connectivity index (χ1n) is 10.6. The molecule has 0 spiro atoms. The van der Waals surface area contributed by atoms with Crippen LogP contribution in [0.4, 0.5) is 24.7 Å². The van der Waals surface area contributed by atoms with Crippen LogP contribution in [0.25, 0.3) is 10.9 Å².